The molecule has 2 amide bonds. The van der Waals surface area contributed by atoms with Crippen LogP contribution in [0.1, 0.15) is 21.7 Å². The summed E-state index contributed by atoms with van der Waals surface area (Å²) in [5.74, 6) is -0.0235. The van der Waals surface area contributed by atoms with Crippen molar-refractivity contribution in [1.82, 2.24) is 5.32 Å². The first-order valence-corrected chi connectivity index (χ1v) is 9.12. The van der Waals surface area contributed by atoms with Crippen LogP contribution in [0.3, 0.4) is 0 Å². The zero-order valence-corrected chi connectivity index (χ0v) is 16.6. The van der Waals surface area contributed by atoms with E-state index in [2.05, 4.69) is 10.6 Å². The second-order valence-corrected chi connectivity index (χ2v) is 6.60. The van der Waals surface area contributed by atoms with E-state index < -0.39 is 11.8 Å². The summed E-state index contributed by atoms with van der Waals surface area (Å²) in [6.07, 6.45) is 2.93. The molecule has 0 spiro atoms. The first-order valence-electron chi connectivity index (χ1n) is 8.74. The van der Waals surface area contributed by atoms with Crippen LogP contribution >= 0.6 is 11.6 Å². The number of benzene rings is 2. The van der Waals surface area contributed by atoms with Crippen LogP contribution in [0.5, 0.6) is 5.75 Å². The Morgan fingerprint density at radius 2 is 1.86 bits per heavy atom. The highest BCUT2D eigenvalue weighted by molar-refractivity contribution is 6.32. The number of rotatable bonds is 6. The molecular formula is C22H19ClN2O4. The van der Waals surface area contributed by atoms with Crippen LogP contribution in [0.25, 0.3) is 6.08 Å². The number of hydrogen-bond donors (Lipinski definition) is 2. The molecule has 0 aliphatic carbocycles. The van der Waals surface area contributed by atoms with Crippen LogP contribution in [-0.2, 0) is 4.79 Å². The highest BCUT2D eigenvalue weighted by Gasteiger charge is 2.16. The van der Waals surface area contributed by atoms with Gasteiger partial charge in [0.15, 0.2) is 0 Å². The summed E-state index contributed by atoms with van der Waals surface area (Å²) in [6.45, 7) is 1.93. The third-order valence-electron chi connectivity index (χ3n) is 4.05. The van der Waals surface area contributed by atoms with E-state index in [1.54, 1.807) is 42.5 Å². The number of methoxy groups -OCH3 is 1. The van der Waals surface area contributed by atoms with E-state index in [1.165, 1.54) is 19.4 Å². The van der Waals surface area contributed by atoms with Crippen molar-refractivity contribution >= 4 is 35.2 Å². The van der Waals surface area contributed by atoms with Crippen molar-refractivity contribution in [3.8, 4) is 5.75 Å². The summed E-state index contributed by atoms with van der Waals surface area (Å²) in [6, 6.07) is 15.2. The molecule has 2 N–H and O–H groups in total. The molecule has 3 rings (SSSR count). The number of carbonyl (C=O) groups excluding carboxylic acids is 2. The zero-order valence-electron chi connectivity index (χ0n) is 15.9. The first kappa shape index (κ1) is 20.2. The second kappa shape index (κ2) is 9.12. The van der Waals surface area contributed by atoms with Gasteiger partial charge in [-0.15, -0.1) is 0 Å². The molecule has 1 aromatic heterocycles. The molecule has 6 nitrogen and oxygen atoms in total. The number of furan rings is 1. The van der Waals surface area contributed by atoms with Gasteiger partial charge in [-0.2, -0.15) is 0 Å². The Morgan fingerprint density at radius 1 is 1.10 bits per heavy atom. The van der Waals surface area contributed by atoms with Crippen LogP contribution < -0.4 is 15.4 Å². The third-order valence-corrected chi connectivity index (χ3v) is 4.34. The minimum absolute atomic E-state index is 0.0254. The molecule has 0 aliphatic rings. The molecular weight excluding hydrogens is 392 g/mol. The van der Waals surface area contributed by atoms with Crippen molar-refractivity contribution in [2.45, 2.75) is 6.92 Å². The topological polar surface area (TPSA) is 80.6 Å². The maximum absolute atomic E-state index is 12.8. The molecule has 0 bridgehead atoms. The molecule has 0 unspecified atom stereocenters. The standard InChI is InChI=1S/C22H19ClN2O4/c1-14-5-7-15(8-6-14)21(26)25-19(13-17-4-3-11-29-17)22(27)24-16-9-10-20(28-2)18(23)12-16/h3-13H,1-2H3,(H,24,27)(H,25,26)/b19-13-. The normalized spacial score (nSPS) is 11.1. The van der Waals surface area contributed by atoms with Gasteiger partial charge < -0.3 is 19.8 Å². The molecule has 7 heteroatoms. The Bertz CT molecular complexity index is 1040. The summed E-state index contributed by atoms with van der Waals surface area (Å²) in [5.41, 5.74) is 1.94. The Kier molecular flexibility index (Phi) is 6.36. The summed E-state index contributed by atoms with van der Waals surface area (Å²) < 4.78 is 10.4. The molecule has 0 saturated carbocycles. The van der Waals surface area contributed by atoms with Crippen LogP contribution in [-0.4, -0.2) is 18.9 Å². The Hall–Kier alpha value is -3.51. The van der Waals surface area contributed by atoms with Crippen molar-refractivity contribution < 1.29 is 18.7 Å². The number of halogens is 1. The Balaban J connectivity index is 1.83. The molecule has 29 heavy (non-hydrogen) atoms. The zero-order chi connectivity index (χ0) is 20.8. The van der Waals surface area contributed by atoms with Gasteiger partial charge in [0.05, 0.1) is 18.4 Å². The van der Waals surface area contributed by atoms with Gasteiger partial charge in [0.2, 0.25) is 0 Å². The summed E-state index contributed by atoms with van der Waals surface area (Å²) >= 11 is 6.11. The second-order valence-electron chi connectivity index (χ2n) is 6.20. The van der Waals surface area contributed by atoms with Gasteiger partial charge in [-0.05, 0) is 49.4 Å². The number of nitrogens with one attached hydrogen (secondary N) is 2. The van der Waals surface area contributed by atoms with Crippen molar-refractivity contribution in [2.75, 3.05) is 12.4 Å². The van der Waals surface area contributed by atoms with E-state index in [9.17, 15) is 9.59 Å². The lowest BCUT2D eigenvalue weighted by atomic mass is 10.1. The molecule has 3 aromatic rings. The van der Waals surface area contributed by atoms with E-state index in [1.807, 2.05) is 19.1 Å². The summed E-state index contributed by atoms with van der Waals surface area (Å²) in [4.78, 5) is 25.4. The van der Waals surface area contributed by atoms with Crippen molar-refractivity contribution in [2.24, 2.45) is 0 Å². The summed E-state index contributed by atoms with van der Waals surface area (Å²) in [7, 11) is 1.50. The van der Waals surface area contributed by atoms with Crippen molar-refractivity contribution in [3.63, 3.8) is 0 Å². The smallest absolute Gasteiger partial charge is 0.272 e. The quantitative estimate of drug-likeness (QED) is 0.579. The van der Waals surface area contributed by atoms with Crippen LogP contribution in [0.2, 0.25) is 5.02 Å². The number of aryl methyl sites for hydroxylation is 1. The fourth-order valence-electron chi connectivity index (χ4n) is 2.52. The van der Waals surface area contributed by atoms with Crippen LogP contribution in [0.4, 0.5) is 5.69 Å². The largest absolute Gasteiger partial charge is 0.495 e. The van der Waals surface area contributed by atoms with Crippen LogP contribution in [0, 0.1) is 6.92 Å². The third kappa shape index (κ3) is 5.27. The molecule has 2 aromatic carbocycles. The molecule has 0 aliphatic heterocycles. The van der Waals surface area contributed by atoms with Crippen LogP contribution in [0.15, 0.2) is 71.0 Å². The molecule has 0 fully saturated rings. The lowest BCUT2D eigenvalue weighted by Crippen LogP contribution is -2.30. The predicted octanol–water partition coefficient (Wildman–Crippen LogP) is 4.66. The van der Waals surface area contributed by atoms with E-state index >= 15 is 0 Å². The van der Waals surface area contributed by atoms with Gasteiger partial charge in [-0.25, -0.2) is 0 Å². The van der Waals surface area contributed by atoms with Gasteiger partial charge in [0.25, 0.3) is 11.8 Å². The lowest BCUT2D eigenvalue weighted by Gasteiger charge is -2.12. The van der Waals surface area contributed by atoms with E-state index in [-0.39, 0.29) is 5.70 Å². The van der Waals surface area contributed by atoms with Gasteiger partial charge in [0, 0.05) is 17.3 Å². The van der Waals surface area contributed by atoms with E-state index in [0.717, 1.165) is 5.56 Å². The Labute approximate surface area is 173 Å². The summed E-state index contributed by atoms with van der Waals surface area (Å²) in [5, 5.41) is 5.70. The molecule has 148 valence electrons. The van der Waals surface area contributed by atoms with Crippen molar-refractivity contribution in [3.05, 3.63) is 88.5 Å². The van der Waals surface area contributed by atoms with Gasteiger partial charge in [-0.3, -0.25) is 9.59 Å². The van der Waals surface area contributed by atoms with E-state index in [4.69, 9.17) is 20.8 Å². The van der Waals surface area contributed by atoms with Gasteiger partial charge >= 0.3 is 0 Å². The molecule has 1 heterocycles. The molecule has 0 saturated heterocycles. The average molecular weight is 411 g/mol. The lowest BCUT2D eigenvalue weighted by molar-refractivity contribution is -0.113. The minimum Gasteiger partial charge on any atom is -0.495 e. The minimum atomic E-state index is -0.525. The molecule has 0 atom stereocenters. The SMILES string of the molecule is COc1ccc(NC(=O)/C(=C/c2ccco2)NC(=O)c2ccc(C)cc2)cc1Cl. The maximum atomic E-state index is 12.8. The van der Waals surface area contributed by atoms with Gasteiger partial charge in [0.1, 0.15) is 17.2 Å². The van der Waals surface area contributed by atoms with E-state index in [0.29, 0.717) is 27.8 Å². The Morgan fingerprint density at radius 3 is 2.48 bits per heavy atom. The highest BCUT2D eigenvalue weighted by atomic mass is 35.5. The van der Waals surface area contributed by atoms with Gasteiger partial charge in [-0.1, -0.05) is 29.3 Å². The highest BCUT2D eigenvalue weighted by Crippen LogP contribution is 2.27. The average Bonchev–Trinajstić information content (AvgIpc) is 3.21. The molecule has 0 radical (unpaired) electrons. The van der Waals surface area contributed by atoms with Crippen molar-refractivity contribution in [1.29, 1.82) is 0 Å². The number of hydrogen-bond acceptors (Lipinski definition) is 4. The predicted molar refractivity (Wildman–Crippen MR) is 112 cm³/mol. The monoisotopic (exact) mass is 410 g/mol. The first-order chi connectivity index (χ1) is 14.0. The fraction of sp³-hybridized carbons (Fsp3) is 0.0909. The maximum Gasteiger partial charge on any atom is 0.272 e. The fourth-order valence-corrected chi connectivity index (χ4v) is 2.77. The number of carbonyl (C=O) groups is 2. The number of ether oxygens (including phenoxy) is 1. The number of amides is 2. The number of anilines is 1.